The quantitative estimate of drug-likeness (QED) is 0.822. The Kier molecular flexibility index (Phi) is 2.76. The summed E-state index contributed by atoms with van der Waals surface area (Å²) in [6, 6.07) is 0.743. The zero-order chi connectivity index (χ0) is 11.8. The Hall–Kier alpha value is -1.14. The largest absolute Gasteiger partial charge is 0.467 e. The summed E-state index contributed by atoms with van der Waals surface area (Å²) in [6.07, 6.45) is 1.17. The molecule has 3 heterocycles. The van der Waals surface area contributed by atoms with E-state index in [0.29, 0.717) is 17.9 Å². The molecule has 2 aliphatic rings. The van der Waals surface area contributed by atoms with Crippen LogP contribution in [0.5, 0.6) is 6.01 Å². The van der Waals surface area contributed by atoms with Crippen molar-refractivity contribution in [3.05, 3.63) is 5.28 Å². The molecule has 2 atom stereocenters. The minimum absolute atomic E-state index is 0.182. The van der Waals surface area contributed by atoms with Gasteiger partial charge in [0.05, 0.1) is 7.11 Å². The highest BCUT2D eigenvalue weighted by atomic mass is 35.5. The zero-order valence-corrected chi connectivity index (χ0v) is 10.3. The van der Waals surface area contributed by atoms with Crippen LogP contribution in [0.25, 0.3) is 0 Å². The molecular formula is C10H14ClN5O. The lowest BCUT2D eigenvalue weighted by Crippen LogP contribution is -2.35. The number of fused-ring (bicyclic) bond motifs is 1. The van der Waals surface area contributed by atoms with Crippen LogP contribution in [0.4, 0.5) is 5.95 Å². The van der Waals surface area contributed by atoms with Gasteiger partial charge in [0.2, 0.25) is 11.2 Å². The molecule has 0 unspecified atom stereocenters. The minimum atomic E-state index is 0.182. The summed E-state index contributed by atoms with van der Waals surface area (Å²) in [5.74, 6) is 1.31. The second-order valence-corrected chi connectivity index (χ2v) is 4.70. The van der Waals surface area contributed by atoms with Crippen LogP contribution >= 0.6 is 11.6 Å². The molecule has 2 aliphatic heterocycles. The average Bonchev–Trinajstić information content (AvgIpc) is 2.89. The average molecular weight is 256 g/mol. The van der Waals surface area contributed by atoms with Crippen LogP contribution in [0.2, 0.25) is 5.28 Å². The molecule has 1 N–H and O–H groups in total. The summed E-state index contributed by atoms with van der Waals surface area (Å²) in [5.41, 5.74) is 0. The number of anilines is 1. The van der Waals surface area contributed by atoms with Gasteiger partial charge < -0.3 is 15.0 Å². The number of rotatable bonds is 2. The highest BCUT2D eigenvalue weighted by Crippen LogP contribution is 2.30. The van der Waals surface area contributed by atoms with Crippen molar-refractivity contribution in [2.75, 3.05) is 31.6 Å². The summed E-state index contributed by atoms with van der Waals surface area (Å²) in [5, 5.41) is 3.57. The van der Waals surface area contributed by atoms with Crippen LogP contribution in [0.3, 0.4) is 0 Å². The zero-order valence-electron chi connectivity index (χ0n) is 9.56. The van der Waals surface area contributed by atoms with Crippen molar-refractivity contribution in [3.8, 4) is 6.01 Å². The Morgan fingerprint density at radius 2 is 2.24 bits per heavy atom. The first-order valence-electron chi connectivity index (χ1n) is 5.71. The van der Waals surface area contributed by atoms with E-state index < -0.39 is 0 Å². The molecule has 1 aromatic rings. The minimum Gasteiger partial charge on any atom is -0.467 e. The third kappa shape index (κ3) is 1.91. The van der Waals surface area contributed by atoms with Gasteiger partial charge in [0.15, 0.2) is 0 Å². The molecule has 0 bridgehead atoms. The van der Waals surface area contributed by atoms with Gasteiger partial charge in [0.1, 0.15) is 0 Å². The molecule has 0 saturated carbocycles. The van der Waals surface area contributed by atoms with Crippen LogP contribution in [0.15, 0.2) is 0 Å². The first kappa shape index (κ1) is 11.0. The lowest BCUT2D eigenvalue weighted by atomic mass is 10.1. The third-order valence-electron chi connectivity index (χ3n) is 3.46. The SMILES string of the molecule is COc1nc(Cl)nc(N2CC[C@H]3CNC[C@H]32)n1. The first-order valence-corrected chi connectivity index (χ1v) is 6.08. The van der Waals surface area contributed by atoms with Crippen molar-refractivity contribution in [1.82, 2.24) is 20.3 Å². The molecule has 0 amide bonds. The Morgan fingerprint density at radius 1 is 1.35 bits per heavy atom. The van der Waals surface area contributed by atoms with E-state index in [1.165, 1.54) is 13.5 Å². The fourth-order valence-corrected chi connectivity index (χ4v) is 2.79. The Morgan fingerprint density at radius 3 is 3.06 bits per heavy atom. The number of nitrogens with one attached hydrogen (secondary N) is 1. The van der Waals surface area contributed by atoms with E-state index >= 15 is 0 Å². The Balaban J connectivity index is 1.90. The van der Waals surface area contributed by atoms with Gasteiger partial charge in [-0.15, -0.1) is 0 Å². The fraction of sp³-hybridized carbons (Fsp3) is 0.700. The molecular weight excluding hydrogens is 242 g/mol. The van der Waals surface area contributed by atoms with E-state index in [1.807, 2.05) is 0 Å². The van der Waals surface area contributed by atoms with Gasteiger partial charge >= 0.3 is 6.01 Å². The lowest BCUT2D eigenvalue weighted by molar-refractivity contribution is 0.377. The molecule has 17 heavy (non-hydrogen) atoms. The van der Waals surface area contributed by atoms with E-state index in [9.17, 15) is 0 Å². The Bertz CT molecular complexity index is 429. The normalized spacial score (nSPS) is 27.3. The fourth-order valence-electron chi connectivity index (χ4n) is 2.64. The topological polar surface area (TPSA) is 63.2 Å². The molecule has 1 aromatic heterocycles. The van der Waals surface area contributed by atoms with E-state index in [4.69, 9.17) is 16.3 Å². The highest BCUT2D eigenvalue weighted by Gasteiger charge is 2.39. The molecule has 2 saturated heterocycles. The molecule has 0 radical (unpaired) electrons. The van der Waals surface area contributed by atoms with Gasteiger partial charge in [-0.2, -0.15) is 15.0 Å². The summed E-state index contributed by atoms with van der Waals surface area (Å²) in [7, 11) is 1.53. The molecule has 7 heteroatoms. The first-order chi connectivity index (χ1) is 8.28. The predicted molar refractivity (Wildman–Crippen MR) is 63.5 cm³/mol. The van der Waals surface area contributed by atoms with E-state index in [0.717, 1.165) is 19.6 Å². The molecule has 3 rings (SSSR count). The highest BCUT2D eigenvalue weighted by molar-refractivity contribution is 6.28. The maximum absolute atomic E-state index is 5.87. The predicted octanol–water partition coefficient (Wildman–Crippen LogP) is 0.332. The van der Waals surface area contributed by atoms with Crippen LogP contribution in [0, 0.1) is 5.92 Å². The summed E-state index contributed by atoms with van der Waals surface area (Å²) in [4.78, 5) is 14.5. The molecule has 92 valence electrons. The standard InChI is InChI=1S/C10H14ClN5O/c1-17-10-14-8(11)13-9(15-10)16-3-2-6-4-12-5-7(6)16/h6-7,12H,2-5H2,1H3/t6-,7+/m0/s1. The number of aromatic nitrogens is 3. The van der Waals surface area contributed by atoms with E-state index in [2.05, 4.69) is 25.2 Å². The van der Waals surface area contributed by atoms with E-state index in [1.54, 1.807) is 0 Å². The molecule has 0 aromatic carbocycles. The lowest BCUT2D eigenvalue weighted by Gasteiger charge is -2.23. The smallest absolute Gasteiger partial charge is 0.322 e. The maximum atomic E-state index is 5.87. The number of nitrogens with zero attached hydrogens (tertiary/aromatic N) is 4. The van der Waals surface area contributed by atoms with Crippen molar-refractivity contribution in [3.63, 3.8) is 0 Å². The van der Waals surface area contributed by atoms with Crippen molar-refractivity contribution < 1.29 is 4.74 Å². The maximum Gasteiger partial charge on any atom is 0.322 e. The molecule has 6 nitrogen and oxygen atoms in total. The van der Waals surface area contributed by atoms with Crippen LogP contribution < -0.4 is 15.0 Å². The molecule has 2 fully saturated rings. The van der Waals surface area contributed by atoms with Crippen molar-refractivity contribution >= 4 is 17.5 Å². The monoisotopic (exact) mass is 255 g/mol. The number of hydrogen-bond acceptors (Lipinski definition) is 6. The van der Waals surface area contributed by atoms with Gasteiger partial charge in [-0.3, -0.25) is 0 Å². The summed E-state index contributed by atoms with van der Waals surface area (Å²) in [6.45, 7) is 3.04. The van der Waals surface area contributed by atoms with Gasteiger partial charge in [-0.25, -0.2) is 0 Å². The number of methoxy groups -OCH3 is 1. The van der Waals surface area contributed by atoms with Gasteiger partial charge in [-0.1, -0.05) is 0 Å². The van der Waals surface area contributed by atoms with Crippen molar-refractivity contribution in [2.45, 2.75) is 12.5 Å². The van der Waals surface area contributed by atoms with Crippen molar-refractivity contribution in [2.24, 2.45) is 5.92 Å². The number of hydrogen-bond donors (Lipinski definition) is 1. The van der Waals surface area contributed by atoms with Crippen LogP contribution in [-0.4, -0.2) is 47.7 Å². The van der Waals surface area contributed by atoms with Gasteiger partial charge in [0, 0.05) is 25.7 Å². The molecule has 0 spiro atoms. The second-order valence-electron chi connectivity index (χ2n) is 4.36. The van der Waals surface area contributed by atoms with E-state index in [-0.39, 0.29) is 11.3 Å². The van der Waals surface area contributed by atoms with Gasteiger partial charge in [-0.05, 0) is 23.9 Å². The number of ether oxygens (including phenoxy) is 1. The van der Waals surface area contributed by atoms with Crippen LogP contribution in [-0.2, 0) is 0 Å². The van der Waals surface area contributed by atoms with Crippen LogP contribution in [0.1, 0.15) is 6.42 Å². The molecule has 0 aliphatic carbocycles. The number of halogens is 1. The van der Waals surface area contributed by atoms with Crippen molar-refractivity contribution in [1.29, 1.82) is 0 Å². The summed E-state index contributed by atoms with van der Waals surface area (Å²) < 4.78 is 5.02. The third-order valence-corrected chi connectivity index (χ3v) is 3.63. The summed E-state index contributed by atoms with van der Waals surface area (Å²) >= 11 is 5.87. The van der Waals surface area contributed by atoms with Gasteiger partial charge in [0.25, 0.3) is 0 Å². The second kappa shape index (κ2) is 4.27. The Labute approximate surface area is 104 Å².